The first-order chi connectivity index (χ1) is 15.0. The number of hydrogen-bond acceptors (Lipinski definition) is 4. The normalized spacial score (nSPS) is 19.4. The molecule has 2 aliphatic rings. The summed E-state index contributed by atoms with van der Waals surface area (Å²) in [4.78, 5) is 36.4. The zero-order valence-corrected chi connectivity index (χ0v) is 18.7. The Kier molecular flexibility index (Phi) is 6.86. The van der Waals surface area contributed by atoms with Crippen LogP contribution in [0, 0.1) is 12.8 Å². The molecule has 2 aromatic rings. The van der Waals surface area contributed by atoms with Crippen molar-refractivity contribution in [2.45, 2.75) is 57.8 Å². The number of carbonyl (C=O) groups excluding carboxylic acids is 2. The van der Waals surface area contributed by atoms with E-state index in [0.717, 1.165) is 13.0 Å². The molecule has 0 spiro atoms. The second-order valence-corrected chi connectivity index (χ2v) is 9.16. The Hall–Kier alpha value is -2.47. The number of aromatic nitrogens is 2. The van der Waals surface area contributed by atoms with E-state index < -0.39 is 0 Å². The quantitative estimate of drug-likeness (QED) is 0.711. The van der Waals surface area contributed by atoms with Gasteiger partial charge in [0, 0.05) is 42.3 Å². The van der Waals surface area contributed by atoms with Gasteiger partial charge in [-0.1, -0.05) is 30.9 Å². The van der Waals surface area contributed by atoms with Crippen molar-refractivity contribution in [3.63, 3.8) is 0 Å². The highest BCUT2D eigenvalue weighted by Crippen LogP contribution is 2.30. The first-order valence-corrected chi connectivity index (χ1v) is 11.6. The average Bonchev–Trinajstić information content (AvgIpc) is 3.26. The Morgan fingerprint density at radius 2 is 1.87 bits per heavy atom. The third-order valence-electron chi connectivity index (χ3n) is 6.44. The predicted molar refractivity (Wildman–Crippen MR) is 121 cm³/mol. The zero-order chi connectivity index (χ0) is 21.8. The molecular formula is C24H29ClN4O2. The monoisotopic (exact) mass is 440 g/mol. The van der Waals surface area contributed by atoms with Crippen molar-refractivity contribution in [1.29, 1.82) is 0 Å². The maximum Gasteiger partial charge on any atom is 0.259 e. The molecule has 1 aliphatic heterocycles. The highest BCUT2D eigenvalue weighted by Gasteiger charge is 2.31. The smallest absolute Gasteiger partial charge is 0.259 e. The number of carbonyl (C=O) groups is 2. The number of halogens is 1. The third-order valence-corrected chi connectivity index (χ3v) is 6.69. The zero-order valence-electron chi connectivity index (χ0n) is 17.9. The van der Waals surface area contributed by atoms with E-state index in [1.54, 1.807) is 30.5 Å². The van der Waals surface area contributed by atoms with E-state index in [9.17, 15) is 9.59 Å². The molecular weight excluding hydrogens is 412 g/mol. The molecule has 6 nitrogen and oxygen atoms in total. The number of aryl methyl sites for hydroxylation is 1. The predicted octanol–water partition coefficient (Wildman–Crippen LogP) is 4.98. The second-order valence-electron chi connectivity index (χ2n) is 8.72. The number of amides is 2. The Balaban J connectivity index is 1.36. The largest absolute Gasteiger partial charge is 0.342 e. The minimum absolute atomic E-state index is 0.127. The fourth-order valence-electron chi connectivity index (χ4n) is 4.60. The van der Waals surface area contributed by atoms with Crippen molar-refractivity contribution in [1.82, 2.24) is 14.9 Å². The lowest BCUT2D eigenvalue weighted by Gasteiger charge is -2.24. The molecule has 7 heteroatoms. The summed E-state index contributed by atoms with van der Waals surface area (Å²) in [5, 5.41) is 3.46. The molecule has 1 aromatic carbocycles. The van der Waals surface area contributed by atoms with E-state index in [1.807, 2.05) is 11.8 Å². The van der Waals surface area contributed by atoms with Crippen LogP contribution in [0.4, 0.5) is 5.69 Å². The van der Waals surface area contributed by atoms with Crippen molar-refractivity contribution in [3.05, 3.63) is 52.6 Å². The molecule has 1 saturated carbocycles. The molecule has 31 heavy (non-hydrogen) atoms. The van der Waals surface area contributed by atoms with Crippen LogP contribution in [0.15, 0.2) is 30.5 Å². The molecule has 1 saturated heterocycles. The Morgan fingerprint density at radius 3 is 2.58 bits per heavy atom. The van der Waals surface area contributed by atoms with E-state index in [2.05, 4.69) is 15.3 Å². The van der Waals surface area contributed by atoms with E-state index in [1.165, 1.54) is 32.1 Å². The minimum Gasteiger partial charge on any atom is -0.342 e. The van der Waals surface area contributed by atoms with E-state index in [0.29, 0.717) is 46.7 Å². The van der Waals surface area contributed by atoms with Gasteiger partial charge in [-0.25, -0.2) is 9.97 Å². The number of hydrogen-bond donors (Lipinski definition) is 1. The van der Waals surface area contributed by atoms with Gasteiger partial charge in [0.1, 0.15) is 5.82 Å². The van der Waals surface area contributed by atoms with Crippen molar-refractivity contribution in [3.8, 4) is 0 Å². The molecule has 164 valence electrons. The summed E-state index contributed by atoms with van der Waals surface area (Å²) < 4.78 is 0. The summed E-state index contributed by atoms with van der Waals surface area (Å²) in [7, 11) is 0. The molecule has 1 N–H and O–H groups in total. The van der Waals surface area contributed by atoms with Gasteiger partial charge in [-0.2, -0.15) is 0 Å². The first kappa shape index (κ1) is 21.8. The number of likely N-dealkylation sites (tertiary alicyclic amines) is 1. The molecule has 0 radical (unpaired) electrons. The molecule has 2 amide bonds. The van der Waals surface area contributed by atoms with Gasteiger partial charge >= 0.3 is 0 Å². The minimum atomic E-state index is -0.248. The molecule has 1 aliphatic carbocycles. The highest BCUT2D eigenvalue weighted by atomic mass is 35.5. The average molecular weight is 441 g/mol. The van der Waals surface area contributed by atoms with Crippen molar-refractivity contribution in [2.24, 2.45) is 5.92 Å². The molecule has 0 bridgehead atoms. The highest BCUT2D eigenvalue weighted by molar-refractivity contribution is 6.30. The lowest BCUT2D eigenvalue weighted by molar-refractivity contribution is -0.131. The van der Waals surface area contributed by atoms with Gasteiger partial charge < -0.3 is 10.2 Å². The van der Waals surface area contributed by atoms with Crippen LogP contribution < -0.4 is 5.32 Å². The maximum atomic E-state index is 12.7. The lowest BCUT2D eigenvalue weighted by atomic mass is 9.87. The van der Waals surface area contributed by atoms with Gasteiger partial charge in [0.15, 0.2) is 0 Å². The first-order valence-electron chi connectivity index (χ1n) is 11.2. The molecule has 1 atom stereocenters. The van der Waals surface area contributed by atoms with Crippen LogP contribution in [-0.2, 0) is 4.79 Å². The maximum absolute atomic E-state index is 12.7. The fraction of sp³-hybridized carbons (Fsp3) is 0.500. The number of benzene rings is 1. The Bertz CT molecular complexity index is 941. The summed E-state index contributed by atoms with van der Waals surface area (Å²) in [6.07, 6.45) is 9.33. The van der Waals surface area contributed by atoms with Crippen LogP contribution in [0.1, 0.15) is 72.7 Å². The number of nitrogens with zero attached hydrogens (tertiary/aromatic N) is 3. The van der Waals surface area contributed by atoms with Gasteiger partial charge in [-0.3, -0.25) is 9.59 Å². The summed E-state index contributed by atoms with van der Waals surface area (Å²) >= 11 is 5.89. The number of anilines is 1. The van der Waals surface area contributed by atoms with Gasteiger partial charge in [0.25, 0.3) is 5.91 Å². The van der Waals surface area contributed by atoms with Crippen molar-refractivity contribution in [2.75, 3.05) is 18.4 Å². The molecule has 1 unspecified atom stereocenters. The molecule has 1 aromatic heterocycles. The van der Waals surface area contributed by atoms with E-state index in [4.69, 9.17) is 11.6 Å². The molecule has 2 fully saturated rings. The van der Waals surface area contributed by atoms with Gasteiger partial charge in [0.05, 0.1) is 11.3 Å². The van der Waals surface area contributed by atoms with Crippen LogP contribution in [0.3, 0.4) is 0 Å². The molecule has 4 rings (SSSR count). The van der Waals surface area contributed by atoms with Crippen LogP contribution in [-0.4, -0.2) is 39.8 Å². The Morgan fingerprint density at radius 1 is 1.13 bits per heavy atom. The molecule has 2 heterocycles. The summed E-state index contributed by atoms with van der Waals surface area (Å²) in [6, 6.07) is 6.96. The topological polar surface area (TPSA) is 75.2 Å². The van der Waals surface area contributed by atoms with Crippen LogP contribution in [0.5, 0.6) is 0 Å². The summed E-state index contributed by atoms with van der Waals surface area (Å²) in [6.45, 7) is 3.25. The number of rotatable bonds is 5. The summed E-state index contributed by atoms with van der Waals surface area (Å²) in [5.74, 6) is 1.42. The van der Waals surface area contributed by atoms with Crippen LogP contribution >= 0.6 is 11.6 Å². The van der Waals surface area contributed by atoms with Crippen molar-refractivity contribution < 1.29 is 9.59 Å². The second kappa shape index (κ2) is 9.77. The summed E-state index contributed by atoms with van der Waals surface area (Å²) in [5.41, 5.74) is 1.76. The van der Waals surface area contributed by atoms with Crippen molar-refractivity contribution >= 4 is 29.1 Å². The SMILES string of the molecule is Cc1nc(C2CCN(C(=O)CC3CCCCC3)C2)ncc1C(=O)Nc1ccc(Cl)cc1. The van der Waals surface area contributed by atoms with Crippen LogP contribution in [0.2, 0.25) is 5.02 Å². The van der Waals surface area contributed by atoms with Crippen LogP contribution in [0.25, 0.3) is 0 Å². The lowest BCUT2D eigenvalue weighted by Crippen LogP contribution is -2.30. The van der Waals surface area contributed by atoms with Gasteiger partial charge in [-0.05, 0) is 56.4 Å². The van der Waals surface area contributed by atoms with Gasteiger partial charge in [0.2, 0.25) is 5.91 Å². The fourth-order valence-corrected chi connectivity index (χ4v) is 4.73. The van der Waals surface area contributed by atoms with E-state index in [-0.39, 0.29) is 17.7 Å². The third kappa shape index (κ3) is 5.42. The van der Waals surface area contributed by atoms with Gasteiger partial charge in [-0.15, -0.1) is 0 Å². The van der Waals surface area contributed by atoms with E-state index >= 15 is 0 Å². The Labute approximate surface area is 188 Å². The standard InChI is InChI=1S/C24H29ClN4O2/c1-16-21(24(31)28-20-9-7-19(25)8-10-20)14-26-23(27-16)18-11-12-29(15-18)22(30)13-17-5-3-2-4-6-17/h7-10,14,17-18H,2-6,11-13,15H2,1H3,(H,28,31). The number of nitrogens with one attached hydrogen (secondary N) is 1.